The Hall–Kier alpha value is -2.38. The second-order valence-corrected chi connectivity index (χ2v) is 7.70. The Balaban J connectivity index is 1.82. The molecule has 0 saturated carbocycles. The highest BCUT2D eigenvalue weighted by atomic mass is 16.3. The number of aryl methyl sites for hydroxylation is 1. The molecule has 0 heterocycles. The summed E-state index contributed by atoms with van der Waals surface area (Å²) in [4.78, 5) is 0. The third kappa shape index (κ3) is 3.01. The highest BCUT2D eigenvalue weighted by Gasteiger charge is 2.20. The topological polar surface area (TPSA) is 20.2 Å². The van der Waals surface area contributed by atoms with Crippen LogP contribution in [0.1, 0.15) is 47.2 Å². The second-order valence-electron chi connectivity index (χ2n) is 7.70. The molecule has 25 heavy (non-hydrogen) atoms. The third-order valence-corrected chi connectivity index (χ3v) is 5.10. The van der Waals surface area contributed by atoms with Gasteiger partial charge in [0.2, 0.25) is 0 Å². The molecule has 0 fully saturated rings. The van der Waals surface area contributed by atoms with Crippen LogP contribution in [0.15, 0.2) is 54.6 Å². The van der Waals surface area contributed by atoms with E-state index in [9.17, 15) is 5.11 Å². The SMILES string of the molecule is Cc1ccc(C(C)(C)O)c(Cc2cc3c4c(cccc4c2)C=CC3)c1. The fourth-order valence-corrected chi connectivity index (χ4v) is 4.02. The Labute approximate surface area is 149 Å². The molecule has 3 aromatic rings. The summed E-state index contributed by atoms with van der Waals surface area (Å²) in [6.07, 6.45) is 6.31. The first-order valence-corrected chi connectivity index (χ1v) is 8.95. The predicted octanol–water partition coefficient (Wildman–Crippen LogP) is 5.54. The summed E-state index contributed by atoms with van der Waals surface area (Å²) in [7, 11) is 0. The lowest BCUT2D eigenvalue weighted by molar-refractivity contribution is 0.0777. The summed E-state index contributed by atoms with van der Waals surface area (Å²) in [5, 5.41) is 13.2. The van der Waals surface area contributed by atoms with E-state index in [1.54, 1.807) is 0 Å². The molecule has 0 aromatic heterocycles. The van der Waals surface area contributed by atoms with Gasteiger partial charge in [0.25, 0.3) is 0 Å². The smallest absolute Gasteiger partial charge is 0.0843 e. The molecule has 4 rings (SSSR count). The zero-order valence-corrected chi connectivity index (χ0v) is 15.1. The molecule has 0 aliphatic heterocycles. The van der Waals surface area contributed by atoms with Crippen molar-refractivity contribution >= 4 is 16.8 Å². The van der Waals surface area contributed by atoms with Gasteiger partial charge in [0.05, 0.1) is 5.60 Å². The maximum Gasteiger partial charge on any atom is 0.0843 e. The summed E-state index contributed by atoms with van der Waals surface area (Å²) in [6, 6.07) is 17.5. The Kier molecular flexibility index (Phi) is 3.77. The molecule has 0 bridgehead atoms. The van der Waals surface area contributed by atoms with Crippen molar-refractivity contribution in [2.45, 2.75) is 39.2 Å². The molecule has 0 saturated heterocycles. The van der Waals surface area contributed by atoms with Crippen molar-refractivity contribution < 1.29 is 5.11 Å². The van der Waals surface area contributed by atoms with Gasteiger partial charge in [-0.3, -0.25) is 0 Å². The van der Waals surface area contributed by atoms with E-state index in [2.05, 4.69) is 67.6 Å². The van der Waals surface area contributed by atoms with Crippen molar-refractivity contribution in [1.82, 2.24) is 0 Å². The standard InChI is InChI=1S/C24H24O/c1-16-10-11-22(24(2,3)25)21(12-16)15-17-13-19-8-4-6-18-7-5-9-20(14-17)23(18)19/h4-8,10-14,25H,9,15H2,1-3H3. The zero-order valence-electron chi connectivity index (χ0n) is 15.1. The predicted molar refractivity (Wildman–Crippen MR) is 106 cm³/mol. The monoisotopic (exact) mass is 328 g/mol. The zero-order chi connectivity index (χ0) is 17.6. The van der Waals surface area contributed by atoms with Gasteiger partial charge in [-0.05, 0) is 72.2 Å². The molecule has 3 aromatic carbocycles. The van der Waals surface area contributed by atoms with Crippen molar-refractivity contribution in [2.75, 3.05) is 0 Å². The minimum Gasteiger partial charge on any atom is -0.386 e. The number of rotatable bonds is 3. The van der Waals surface area contributed by atoms with Gasteiger partial charge in [0.1, 0.15) is 0 Å². The molecule has 0 unspecified atom stereocenters. The molecule has 0 spiro atoms. The maximum atomic E-state index is 10.5. The average molecular weight is 328 g/mol. The Morgan fingerprint density at radius 1 is 1.04 bits per heavy atom. The molecular weight excluding hydrogens is 304 g/mol. The molecule has 1 aliphatic rings. The number of allylic oxidation sites excluding steroid dienone is 1. The van der Waals surface area contributed by atoms with Gasteiger partial charge in [-0.15, -0.1) is 0 Å². The molecule has 0 radical (unpaired) electrons. The van der Waals surface area contributed by atoms with Gasteiger partial charge in [0, 0.05) is 0 Å². The van der Waals surface area contributed by atoms with E-state index in [1.165, 1.54) is 38.6 Å². The van der Waals surface area contributed by atoms with Crippen molar-refractivity contribution in [3.05, 3.63) is 88.0 Å². The maximum absolute atomic E-state index is 10.5. The quantitative estimate of drug-likeness (QED) is 0.669. The van der Waals surface area contributed by atoms with Crippen LogP contribution < -0.4 is 0 Å². The molecular formula is C24H24O. The summed E-state index contributed by atoms with van der Waals surface area (Å²) in [5.41, 5.74) is 6.66. The lowest BCUT2D eigenvalue weighted by Crippen LogP contribution is -2.18. The van der Waals surface area contributed by atoms with E-state index in [-0.39, 0.29) is 0 Å². The van der Waals surface area contributed by atoms with Crippen molar-refractivity contribution in [1.29, 1.82) is 0 Å². The van der Waals surface area contributed by atoms with Crippen LogP contribution in [0.3, 0.4) is 0 Å². The van der Waals surface area contributed by atoms with Gasteiger partial charge in [0.15, 0.2) is 0 Å². The fourth-order valence-electron chi connectivity index (χ4n) is 4.02. The van der Waals surface area contributed by atoms with Crippen LogP contribution >= 0.6 is 0 Å². The number of hydrogen-bond acceptors (Lipinski definition) is 1. The average Bonchev–Trinajstić information content (AvgIpc) is 2.54. The normalized spacial score (nSPS) is 13.4. The molecule has 126 valence electrons. The van der Waals surface area contributed by atoms with E-state index in [0.29, 0.717) is 0 Å². The van der Waals surface area contributed by atoms with E-state index < -0.39 is 5.60 Å². The van der Waals surface area contributed by atoms with Crippen LogP contribution in [-0.4, -0.2) is 5.11 Å². The fraction of sp³-hybridized carbons (Fsp3) is 0.250. The first-order valence-electron chi connectivity index (χ1n) is 8.95. The lowest BCUT2D eigenvalue weighted by atomic mass is 9.86. The van der Waals surface area contributed by atoms with Crippen LogP contribution in [-0.2, 0) is 18.4 Å². The van der Waals surface area contributed by atoms with Crippen molar-refractivity contribution in [2.24, 2.45) is 0 Å². The minimum absolute atomic E-state index is 0.829. The van der Waals surface area contributed by atoms with Crippen molar-refractivity contribution in [3.63, 3.8) is 0 Å². The van der Waals surface area contributed by atoms with Gasteiger partial charge in [-0.1, -0.05) is 66.2 Å². The molecule has 1 nitrogen and oxygen atoms in total. The number of benzene rings is 3. The number of aliphatic hydroxyl groups is 1. The van der Waals surface area contributed by atoms with Crippen LogP contribution in [0, 0.1) is 6.92 Å². The molecule has 1 aliphatic carbocycles. The van der Waals surface area contributed by atoms with Gasteiger partial charge < -0.3 is 5.11 Å². The van der Waals surface area contributed by atoms with Gasteiger partial charge >= 0.3 is 0 Å². The summed E-state index contributed by atoms with van der Waals surface area (Å²) >= 11 is 0. The molecule has 1 N–H and O–H groups in total. The lowest BCUT2D eigenvalue weighted by Gasteiger charge is -2.23. The van der Waals surface area contributed by atoms with Crippen LogP contribution in [0.25, 0.3) is 16.8 Å². The molecule has 0 amide bonds. The number of hydrogen-bond donors (Lipinski definition) is 1. The summed E-state index contributed by atoms with van der Waals surface area (Å²) in [5.74, 6) is 0. The van der Waals surface area contributed by atoms with Crippen LogP contribution in [0.5, 0.6) is 0 Å². The highest BCUT2D eigenvalue weighted by Crippen LogP contribution is 2.32. The second kappa shape index (κ2) is 5.86. The summed E-state index contributed by atoms with van der Waals surface area (Å²) < 4.78 is 0. The molecule has 0 atom stereocenters. The largest absolute Gasteiger partial charge is 0.386 e. The Bertz CT molecular complexity index is 987. The first kappa shape index (κ1) is 16.1. The Morgan fingerprint density at radius 2 is 1.88 bits per heavy atom. The Morgan fingerprint density at radius 3 is 2.68 bits per heavy atom. The van der Waals surface area contributed by atoms with E-state index in [0.717, 1.165) is 18.4 Å². The van der Waals surface area contributed by atoms with Crippen molar-refractivity contribution in [3.8, 4) is 0 Å². The summed E-state index contributed by atoms with van der Waals surface area (Å²) in [6.45, 7) is 5.84. The minimum atomic E-state index is -0.829. The van der Waals surface area contributed by atoms with Gasteiger partial charge in [-0.25, -0.2) is 0 Å². The van der Waals surface area contributed by atoms with E-state index in [4.69, 9.17) is 0 Å². The van der Waals surface area contributed by atoms with Gasteiger partial charge in [-0.2, -0.15) is 0 Å². The highest BCUT2D eigenvalue weighted by molar-refractivity contribution is 5.95. The van der Waals surface area contributed by atoms with E-state index >= 15 is 0 Å². The van der Waals surface area contributed by atoms with Crippen LogP contribution in [0.2, 0.25) is 0 Å². The van der Waals surface area contributed by atoms with E-state index in [1.807, 2.05) is 13.8 Å². The van der Waals surface area contributed by atoms with Crippen LogP contribution in [0.4, 0.5) is 0 Å². The third-order valence-electron chi connectivity index (χ3n) is 5.10. The molecule has 1 heteroatoms. The first-order chi connectivity index (χ1) is 11.9.